The first-order valence-corrected chi connectivity index (χ1v) is 7.61. The summed E-state index contributed by atoms with van der Waals surface area (Å²) in [6.45, 7) is 0. The Labute approximate surface area is 126 Å². The molecule has 110 valence electrons. The number of hydrogen-bond donors (Lipinski definition) is 1. The van der Waals surface area contributed by atoms with E-state index in [0.717, 1.165) is 18.4 Å². The molecule has 22 heavy (non-hydrogen) atoms. The van der Waals surface area contributed by atoms with E-state index in [2.05, 4.69) is 27.6 Å². The molecule has 0 radical (unpaired) electrons. The van der Waals surface area contributed by atoms with Gasteiger partial charge in [0.25, 0.3) is 0 Å². The summed E-state index contributed by atoms with van der Waals surface area (Å²) in [6, 6.07) is 5.30. The fraction of sp³-hybridized carbons (Fsp3) is 0.375. The maximum Gasteiger partial charge on any atom is 0.238 e. The third kappa shape index (κ3) is 1.39. The second-order valence-corrected chi connectivity index (χ2v) is 6.35. The van der Waals surface area contributed by atoms with Crippen LogP contribution < -0.4 is 4.90 Å². The van der Waals surface area contributed by atoms with E-state index >= 15 is 0 Å². The summed E-state index contributed by atoms with van der Waals surface area (Å²) < 4.78 is 0. The number of aromatic nitrogens is 3. The Bertz CT molecular complexity index is 808. The van der Waals surface area contributed by atoms with Gasteiger partial charge in [0, 0.05) is 0 Å². The largest absolute Gasteiger partial charge is 0.274 e. The van der Waals surface area contributed by atoms with E-state index in [-0.39, 0.29) is 35.5 Å². The van der Waals surface area contributed by atoms with Crippen molar-refractivity contribution in [2.45, 2.75) is 12.8 Å². The number of fused-ring (bicyclic) bond motifs is 2. The molecule has 2 bridgehead atoms. The highest BCUT2D eigenvalue weighted by molar-refractivity contribution is 6.22. The summed E-state index contributed by atoms with van der Waals surface area (Å²) in [5.74, 6) is -0.0400. The zero-order valence-corrected chi connectivity index (χ0v) is 11.8. The Morgan fingerprint density at radius 2 is 1.59 bits per heavy atom. The number of benzene rings is 1. The minimum atomic E-state index is -0.177. The van der Waals surface area contributed by atoms with Gasteiger partial charge in [-0.2, -0.15) is 15.4 Å². The zero-order chi connectivity index (χ0) is 14.8. The van der Waals surface area contributed by atoms with E-state index in [1.165, 1.54) is 4.90 Å². The summed E-state index contributed by atoms with van der Waals surface area (Å²) in [4.78, 5) is 27.0. The number of imide groups is 1. The lowest BCUT2D eigenvalue weighted by atomic mass is 9.63. The lowest BCUT2D eigenvalue weighted by molar-refractivity contribution is -0.124. The fourth-order valence-corrected chi connectivity index (χ4v) is 4.30. The number of nitrogens with one attached hydrogen (secondary N) is 1. The van der Waals surface area contributed by atoms with Crippen molar-refractivity contribution in [2.24, 2.45) is 23.7 Å². The van der Waals surface area contributed by atoms with E-state index in [9.17, 15) is 9.59 Å². The molecule has 1 N–H and O–H groups in total. The number of H-pyrrole nitrogens is 1. The van der Waals surface area contributed by atoms with Gasteiger partial charge in [-0.3, -0.25) is 9.59 Å². The Morgan fingerprint density at radius 1 is 0.955 bits per heavy atom. The first kappa shape index (κ1) is 12.1. The van der Waals surface area contributed by atoms with E-state index in [0.29, 0.717) is 11.2 Å². The van der Waals surface area contributed by atoms with E-state index in [1.54, 1.807) is 18.2 Å². The van der Waals surface area contributed by atoms with Crippen LogP contribution in [0.5, 0.6) is 0 Å². The molecule has 1 aliphatic heterocycles. The molecule has 1 aromatic heterocycles. The van der Waals surface area contributed by atoms with Crippen molar-refractivity contribution >= 4 is 28.5 Å². The molecule has 2 amide bonds. The van der Waals surface area contributed by atoms with Crippen LogP contribution in [0.2, 0.25) is 0 Å². The van der Waals surface area contributed by atoms with Gasteiger partial charge in [0.05, 0.1) is 17.5 Å². The van der Waals surface area contributed by atoms with Gasteiger partial charge in [-0.25, -0.2) is 4.90 Å². The molecular weight excluding hydrogens is 280 g/mol. The van der Waals surface area contributed by atoms with Gasteiger partial charge < -0.3 is 0 Å². The van der Waals surface area contributed by atoms with Crippen LogP contribution in [0.3, 0.4) is 0 Å². The number of aromatic amines is 1. The predicted octanol–water partition coefficient (Wildman–Crippen LogP) is 1.66. The van der Waals surface area contributed by atoms with Crippen LogP contribution in [0, 0.1) is 23.7 Å². The predicted molar refractivity (Wildman–Crippen MR) is 78.7 cm³/mol. The number of hydrogen-bond acceptors (Lipinski definition) is 4. The van der Waals surface area contributed by atoms with Crippen LogP contribution >= 0.6 is 0 Å². The highest BCUT2D eigenvalue weighted by Gasteiger charge is 2.56. The fourth-order valence-electron chi connectivity index (χ4n) is 4.30. The summed E-state index contributed by atoms with van der Waals surface area (Å²) in [7, 11) is 0. The molecular formula is C16H14N4O2. The molecule has 2 heterocycles. The Hall–Kier alpha value is -2.50. The van der Waals surface area contributed by atoms with Crippen LogP contribution in [0.15, 0.2) is 30.4 Å². The van der Waals surface area contributed by atoms with Crippen LogP contribution in [0.1, 0.15) is 12.8 Å². The third-order valence-electron chi connectivity index (χ3n) is 5.32. The topological polar surface area (TPSA) is 79.0 Å². The second kappa shape index (κ2) is 4.03. The molecule has 1 saturated heterocycles. The maximum absolute atomic E-state index is 12.8. The molecule has 4 atom stereocenters. The molecule has 6 heteroatoms. The maximum atomic E-state index is 12.8. The molecule has 2 aromatic rings. The van der Waals surface area contributed by atoms with E-state index in [4.69, 9.17) is 0 Å². The SMILES string of the molecule is O=C1[C@@H]2[C@H](C(=O)N1c1ccc3n[nH]nc3c1)[C@@H]1C=C[C@H]2CC1. The number of amides is 2. The molecule has 1 aromatic carbocycles. The molecule has 0 spiro atoms. The quantitative estimate of drug-likeness (QED) is 0.641. The number of carbonyl (C=O) groups excluding carboxylic acids is 2. The molecule has 3 aliphatic carbocycles. The van der Waals surface area contributed by atoms with E-state index in [1.807, 2.05) is 0 Å². The lowest BCUT2D eigenvalue weighted by Gasteiger charge is -2.38. The summed E-state index contributed by atoms with van der Waals surface area (Å²) in [5, 5.41) is 10.6. The standard InChI is InChI=1S/C16H14N4O2/c21-15-13-8-1-2-9(4-3-8)14(13)16(22)20(15)10-5-6-11-12(7-10)18-19-17-11/h1-2,5-9,13-14H,3-4H2,(H,17,18,19)/t8-,9+,13-,14+. The first-order chi connectivity index (χ1) is 10.7. The van der Waals surface area contributed by atoms with Crippen molar-refractivity contribution in [2.75, 3.05) is 4.90 Å². The average molecular weight is 294 g/mol. The molecule has 6 rings (SSSR count). The van der Waals surface area contributed by atoms with Crippen LogP contribution in [-0.2, 0) is 9.59 Å². The minimum Gasteiger partial charge on any atom is -0.274 e. The van der Waals surface area contributed by atoms with Crippen molar-refractivity contribution in [3.8, 4) is 0 Å². The van der Waals surface area contributed by atoms with Gasteiger partial charge >= 0.3 is 0 Å². The number of allylic oxidation sites excluding steroid dienone is 2. The number of nitrogens with zero attached hydrogens (tertiary/aromatic N) is 3. The Kier molecular flexibility index (Phi) is 2.21. The van der Waals surface area contributed by atoms with Gasteiger partial charge in [-0.1, -0.05) is 12.2 Å². The zero-order valence-electron chi connectivity index (χ0n) is 11.8. The highest BCUT2D eigenvalue weighted by Crippen LogP contribution is 2.50. The highest BCUT2D eigenvalue weighted by atomic mass is 16.2. The first-order valence-electron chi connectivity index (χ1n) is 7.61. The summed E-state index contributed by atoms with van der Waals surface area (Å²) >= 11 is 0. The van der Waals surface area contributed by atoms with Crippen LogP contribution in [0.4, 0.5) is 5.69 Å². The van der Waals surface area contributed by atoms with Gasteiger partial charge in [-0.05, 0) is 42.9 Å². The van der Waals surface area contributed by atoms with Crippen molar-refractivity contribution < 1.29 is 9.59 Å². The summed E-state index contributed by atoms with van der Waals surface area (Å²) in [5.41, 5.74) is 1.99. The average Bonchev–Trinajstić information content (AvgIpc) is 3.12. The van der Waals surface area contributed by atoms with Crippen LogP contribution in [0.25, 0.3) is 11.0 Å². The van der Waals surface area contributed by atoms with Gasteiger partial charge in [0.2, 0.25) is 11.8 Å². The minimum absolute atomic E-state index is 0.0584. The molecule has 6 nitrogen and oxygen atoms in total. The van der Waals surface area contributed by atoms with Crippen molar-refractivity contribution in [1.82, 2.24) is 15.4 Å². The van der Waals surface area contributed by atoms with Gasteiger partial charge in [0.1, 0.15) is 11.0 Å². The van der Waals surface area contributed by atoms with Crippen molar-refractivity contribution in [3.05, 3.63) is 30.4 Å². The van der Waals surface area contributed by atoms with E-state index < -0.39 is 0 Å². The number of anilines is 1. The Balaban J connectivity index is 1.61. The van der Waals surface area contributed by atoms with Gasteiger partial charge in [0.15, 0.2) is 0 Å². The molecule has 1 saturated carbocycles. The molecule has 2 fully saturated rings. The molecule has 4 aliphatic rings. The smallest absolute Gasteiger partial charge is 0.238 e. The lowest BCUT2D eigenvalue weighted by Crippen LogP contribution is -2.38. The number of rotatable bonds is 1. The number of carbonyl (C=O) groups is 2. The Morgan fingerprint density at radius 3 is 2.23 bits per heavy atom. The summed E-state index contributed by atoms with van der Waals surface area (Å²) in [6.07, 6.45) is 6.28. The third-order valence-corrected chi connectivity index (χ3v) is 5.32. The van der Waals surface area contributed by atoms with Crippen molar-refractivity contribution in [3.63, 3.8) is 0 Å². The van der Waals surface area contributed by atoms with Crippen molar-refractivity contribution in [1.29, 1.82) is 0 Å². The van der Waals surface area contributed by atoms with Crippen LogP contribution in [-0.4, -0.2) is 27.2 Å². The van der Waals surface area contributed by atoms with Gasteiger partial charge in [-0.15, -0.1) is 0 Å². The monoisotopic (exact) mass is 294 g/mol. The molecule has 0 unspecified atom stereocenters. The second-order valence-electron chi connectivity index (χ2n) is 6.35. The normalized spacial score (nSPS) is 33.0.